The molecule has 0 saturated carbocycles. The monoisotopic (exact) mass is 352 g/mol. The van der Waals surface area contributed by atoms with Gasteiger partial charge in [-0.25, -0.2) is 4.79 Å². The Morgan fingerprint density at radius 1 is 1.27 bits per heavy atom. The third-order valence-electron chi connectivity index (χ3n) is 3.58. The van der Waals surface area contributed by atoms with E-state index in [1.54, 1.807) is 24.3 Å². The number of hydrogen-bond acceptors (Lipinski definition) is 7. The maximum atomic E-state index is 11.8. The van der Waals surface area contributed by atoms with Crippen LogP contribution in [0.2, 0.25) is 0 Å². The van der Waals surface area contributed by atoms with Gasteiger partial charge in [0, 0.05) is 6.08 Å². The summed E-state index contributed by atoms with van der Waals surface area (Å²) < 4.78 is 15.4. The van der Waals surface area contributed by atoms with Gasteiger partial charge in [0.05, 0.1) is 28.2 Å². The van der Waals surface area contributed by atoms with Crippen LogP contribution in [0.5, 0.6) is 11.5 Å². The van der Waals surface area contributed by atoms with E-state index in [2.05, 4.69) is 0 Å². The van der Waals surface area contributed by atoms with Gasteiger partial charge in [-0.1, -0.05) is 12.1 Å². The van der Waals surface area contributed by atoms with Crippen LogP contribution < -0.4 is 9.47 Å². The molecule has 0 spiro atoms. The summed E-state index contributed by atoms with van der Waals surface area (Å²) >= 11 is 0. The van der Waals surface area contributed by atoms with Crippen LogP contribution in [0.1, 0.15) is 16.7 Å². The Kier molecular flexibility index (Phi) is 4.80. The number of carbonyl (C=O) groups is 1. The molecule has 0 unspecified atom stereocenters. The number of nitriles is 1. The van der Waals surface area contributed by atoms with E-state index in [4.69, 9.17) is 19.5 Å². The lowest BCUT2D eigenvalue weighted by Gasteiger charge is -2.03. The fourth-order valence-corrected chi connectivity index (χ4v) is 2.27. The maximum Gasteiger partial charge on any atom is 0.331 e. The van der Waals surface area contributed by atoms with Gasteiger partial charge >= 0.3 is 5.97 Å². The first kappa shape index (κ1) is 17.0. The zero-order chi connectivity index (χ0) is 18.5. The largest absolute Gasteiger partial charge is 0.458 e. The van der Waals surface area contributed by atoms with E-state index in [0.717, 1.165) is 11.6 Å². The van der Waals surface area contributed by atoms with Crippen molar-refractivity contribution >= 4 is 17.7 Å². The van der Waals surface area contributed by atoms with Crippen molar-refractivity contribution in [2.45, 2.75) is 6.61 Å². The van der Waals surface area contributed by atoms with Crippen LogP contribution >= 0.6 is 0 Å². The highest BCUT2D eigenvalue weighted by molar-refractivity contribution is 5.88. The number of carbonyl (C=O) groups excluding carboxylic acids is 1. The molecule has 0 bridgehead atoms. The molecule has 130 valence electrons. The average Bonchev–Trinajstić information content (AvgIpc) is 3.11. The summed E-state index contributed by atoms with van der Waals surface area (Å²) in [5.74, 6) is 0.0137. The van der Waals surface area contributed by atoms with E-state index < -0.39 is 10.9 Å². The van der Waals surface area contributed by atoms with Gasteiger partial charge in [-0.3, -0.25) is 10.1 Å². The quantitative estimate of drug-likeness (QED) is 0.352. The van der Waals surface area contributed by atoms with Gasteiger partial charge in [0.2, 0.25) is 6.79 Å². The standard InChI is InChI=1S/C18H12N2O6/c19-9-12-1-3-13(4-2-12)10-24-18(21)6-5-14-7-16-17(26-11-25-16)8-15(14)20(22)23/h1-8H,10-11H2/b6-5+. The van der Waals surface area contributed by atoms with Crippen LogP contribution in [0.3, 0.4) is 0 Å². The zero-order valence-electron chi connectivity index (χ0n) is 13.4. The molecule has 0 aliphatic carbocycles. The minimum atomic E-state index is -0.652. The Hall–Kier alpha value is -3.86. The minimum absolute atomic E-state index is 0.00765. The first-order chi connectivity index (χ1) is 12.6. The van der Waals surface area contributed by atoms with Crippen molar-refractivity contribution in [2.24, 2.45) is 0 Å². The summed E-state index contributed by atoms with van der Waals surface area (Å²) in [7, 11) is 0. The lowest BCUT2D eigenvalue weighted by molar-refractivity contribution is -0.385. The molecule has 26 heavy (non-hydrogen) atoms. The first-order valence-electron chi connectivity index (χ1n) is 7.49. The van der Waals surface area contributed by atoms with E-state index in [0.29, 0.717) is 11.3 Å². The summed E-state index contributed by atoms with van der Waals surface area (Å²) in [6.07, 6.45) is 2.40. The van der Waals surface area contributed by atoms with Gasteiger partial charge in [-0.05, 0) is 29.8 Å². The molecular weight excluding hydrogens is 340 g/mol. The van der Waals surface area contributed by atoms with E-state index in [9.17, 15) is 14.9 Å². The van der Waals surface area contributed by atoms with Crippen LogP contribution in [0, 0.1) is 21.4 Å². The van der Waals surface area contributed by atoms with Crippen LogP contribution in [0.25, 0.3) is 6.08 Å². The van der Waals surface area contributed by atoms with Crippen molar-refractivity contribution in [3.05, 3.63) is 69.3 Å². The Bertz CT molecular complexity index is 928. The molecule has 0 atom stereocenters. The highest BCUT2D eigenvalue weighted by Crippen LogP contribution is 2.38. The summed E-state index contributed by atoms with van der Waals surface area (Å²) in [4.78, 5) is 22.4. The number of nitro groups is 1. The molecule has 0 aromatic heterocycles. The van der Waals surface area contributed by atoms with Crippen LogP contribution in [-0.4, -0.2) is 17.7 Å². The number of benzene rings is 2. The molecule has 0 radical (unpaired) electrons. The van der Waals surface area contributed by atoms with Gasteiger partial charge in [-0.2, -0.15) is 5.26 Å². The molecule has 1 aliphatic heterocycles. The predicted octanol–water partition coefficient (Wildman–Crippen LogP) is 2.95. The fourth-order valence-electron chi connectivity index (χ4n) is 2.27. The van der Waals surface area contributed by atoms with Gasteiger partial charge in [0.15, 0.2) is 11.5 Å². The normalized spacial score (nSPS) is 12.0. The summed E-state index contributed by atoms with van der Waals surface area (Å²) in [5, 5.41) is 19.9. The van der Waals surface area contributed by atoms with Crippen molar-refractivity contribution in [1.29, 1.82) is 5.26 Å². The number of rotatable bonds is 5. The predicted molar refractivity (Wildman–Crippen MR) is 89.2 cm³/mol. The minimum Gasteiger partial charge on any atom is -0.458 e. The van der Waals surface area contributed by atoms with Crippen LogP contribution in [0.15, 0.2) is 42.5 Å². The SMILES string of the molecule is N#Cc1ccc(COC(=O)/C=C/c2cc3c(cc2[N+](=O)[O-])OCO3)cc1. The van der Waals surface area contributed by atoms with Crippen LogP contribution in [-0.2, 0) is 16.1 Å². The number of esters is 1. The fraction of sp³-hybridized carbons (Fsp3) is 0.111. The Morgan fingerprint density at radius 3 is 2.62 bits per heavy atom. The maximum absolute atomic E-state index is 11.8. The van der Waals surface area contributed by atoms with Gasteiger partial charge in [0.1, 0.15) is 6.61 Å². The van der Waals surface area contributed by atoms with E-state index in [1.807, 2.05) is 6.07 Å². The number of fused-ring (bicyclic) bond motifs is 1. The molecule has 2 aromatic rings. The Labute approximate surface area is 148 Å². The average molecular weight is 352 g/mol. The lowest BCUT2D eigenvalue weighted by atomic mass is 10.1. The molecule has 0 N–H and O–H groups in total. The number of nitro benzene ring substituents is 1. The first-order valence-corrected chi connectivity index (χ1v) is 7.49. The molecule has 1 heterocycles. The van der Waals surface area contributed by atoms with E-state index in [1.165, 1.54) is 18.2 Å². The highest BCUT2D eigenvalue weighted by Gasteiger charge is 2.22. The molecule has 8 nitrogen and oxygen atoms in total. The molecule has 0 fully saturated rings. The van der Waals surface area contributed by atoms with Gasteiger partial charge in [0.25, 0.3) is 5.69 Å². The Balaban J connectivity index is 1.68. The number of ether oxygens (including phenoxy) is 3. The summed E-state index contributed by atoms with van der Waals surface area (Å²) in [6.45, 7) is 0.0183. The van der Waals surface area contributed by atoms with Crippen molar-refractivity contribution in [2.75, 3.05) is 6.79 Å². The Morgan fingerprint density at radius 2 is 1.96 bits per heavy atom. The highest BCUT2D eigenvalue weighted by atomic mass is 16.7. The second kappa shape index (κ2) is 7.36. The van der Waals surface area contributed by atoms with Crippen molar-refractivity contribution in [3.8, 4) is 17.6 Å². The molecule has 0 amide bonds. The molecule has 2 aromatic carbocycles. The van der Waals surface area contributed by atoms with Gasteiger partial charge < -0.3 is 14.2 Å². The molecular formula is C18H12N2O6. The van der Waals surface area contributed by atoms with E-state index >= 15 is 0 Å². The van der Waals surface area contributed by atoms with Crippen molar-refractivity contribution < 1.29 is 23.9 Å². The molecule has 0 saturated heterocycles. The zero-order valence-corrected chi connectivity index (χ0v) is 13.4. The third kappa shape index (κ3) is 3.79. The van der Waals surface area contributed by atoms with Gasteiger partial charge in [-0.15, -0.1) is 0 Å². The smallest absolute Gasteiger partial charge is 0.331 e. The third-order valence-corrected chi connectivity index (χ3v) is 3.58. The topological polar surface area (TPSA) is 112 Å². The van der Waals surface area contributed by atoms with Crippen molar-refractivity contribution in [1.82, 2.24) is 0 Å². The second-order valence-corrected chi connectivity index (χ2v) is 5.27. The molecule has 8 heteroatoms. The summed E-state index contributed by atoms with van der Waals surface area (Å²) in [5.41, 5.74) is 1.23. The van der Waals surface area contributed by atoms with Crippen LogP contribution in [0.4, 0.5) is 5.69 Å². The number of hydrogen-bond donors (Lipinski definition) is 0. The van der Waals surface area contributed by atoms with Crippen molar-refractivity contribution in [3.63, 3.8) is 0 Å². The molecule has 1 aliphatic rings. The number of nitrogens with zero attached hydrogens (tertiary/aromatic N) is 2. The lowest BCUT2D eigenvalue weighted by Crippen LogP contribution is -2.01. The second-order valence-electron chi connectivity index (χ2n) is 5.27. The molecule has 3 rings (SSSR count). The van der Waals surface area contributed by atoms with E-state index in [-0.39, 0.29) is 30.4 Å². The summed E-state index contributed by atoms with van der Waals surface area (Å²) in [6, 6.07) is 11.3.